The number of amides is 1. The van der Waals surface area contributed by atoms with Crippen molar-refractivity contribution in [1.82, 2.24) is 35.3 Å². The van der Waals surface area contributed by atoms with Crippen molar-refractivity contribution in [2.75, 3.05) is 31.1 Å². The largest absolute Gasteiger partial charge is 0.353 e. The summed E-state index contributed by atoms with van der Waals surface area (Å²) in [5.74, 6) is 1.66. The number of aryl methyl sites for hydroxylation is 2. The van der Waals surface area contributed by atoms with Gasteiger partial charge in [0.25, 0.3) is 0 Å². The zero-order chi connectivity index (χ0) is 20.8. The fourth-order valence-corrected chi connectivity index (χ4v) is 3.53. The number of carbonyl (C=O) groups excluding carboxylic acids is 1. The minimum atomic E-state index is 0.176. The van der Waals surface area contributed by atoms with Crippen molar-refractivity contribution >= 4 is 11.7 Å². The van der Waals surface area contributed by atoms with E-state index in [1.807, 2.05) is 54.3 Å². The van der Waals surface area contributed by atoms with E-state index in [2.05, 4.69) is 30.5 Å². The predicted octanol–water partition coefficient (Wildman–Crippen LogP) is 1.96. The van der Waals surface area contributed by atoms with Gasteiger partial charge >= 0.3 is 0 Å². The van der Waals surface area contributed by atoms with Crippen molar-refractivity contribution < 1.29 is 4.79 Å². The first kappa shape index (κ1) is 19.9. The third-order valence-corrected chi connectivity index (χ3v) is 5.19. The van der Waals surface area contributed by atoms with Crippen LogP contribution in [0.4, 0.5) is 5.82 Å². The van der Waals surface area contributed by atoms with Gasteiger partial charge < -0.3 is 9.80 Å². The maximum Gasteiger partial charge on any atom is 0.222 e. The van der Waals surface area contributed by atoms with Gasteiger partial charge in [-0.1, -0.05) is 30.3 Å². The predicted molar refractivity (Wildman–Crippen MR) is 113 cm³/mol. The lowest BCUT2D eigenvalue weighted by molar-refractivity contribution is -0.131. The molecule has 0 bridgehead atoms. The lowest BCUT2D eigenvalue weighted by Gasteiger charge is -2.22. The molecule has 0 atom stereocenters. The van der Waals surface area contributed by atoms with Crippen molar-refractivity contribution in [2.45, 2.75) is 32.7 Å². The Labute approximate surface area is 175 Å². The van der Waals surface area contributed by atoms with E-state index < -0.39 is 0 Å². The summed E-state index contributed by atoms with van der Waals surface area (Å²) in [6.45, 7) is 5.63. The third-order valence-electron chi connectivity index (χ3n) is 5.19. The number of anilines is 1. The molecule has 9 nitrogen and oxygen atoms in total. The fourth-order valence-electron chi connectivity index (χ4n) is 3.53. The van der Waals surface area contributed by atoms with Gasteiger partial charge in [0.1, 0.15) is 0 Å². The van der Waals surface area contributed by atoms with E-state index in [9.17, 15) is 4.79 Å². The fraction of sp³-hybridized carbons (Fsp3) is 0.429. The molecule has 0 saturated carbocycles. The van der Waals surface area contributed by atoms with Crippen molar-refractivity contribution in [3.05, 3.63) is 48.2 Å². The van der Waals surface area contributed by atoms with Crippen molar-refractivity contribution in [3.63, 3.8) is 0 Å². The molecule has 0 spiro atoms. The second-order valence-electron chi connectivity index (χ2n) is 7.43. The van der Waals surface area contributed by atoms with Gasteiger partial charge in [0.15, 0.2) is 5.82 Å². The van der Waals surface area contributed by atoms with Crippen molar-refractivity contribution in [3.8, 4) is 11.4 Å². The van der Waals surface area contributed by atoms with E-state index in [0.717, 1.165) is 43.1 Å². The molecule has 1 fully saturated rings. The summed E-state index contributed by atoms with van der Waals surface area (Å²) < 4.78 is 0. The van der Waals surface area contributed by atoms with Gasteiger partial charge in [-0.25, -0.2) is 0 Å². The average Bonchev–Trinajstić information content (AvgIpc) is 3.11. The minimum absolute atomic E-state index is 0.176. The van der Waals surface area contributed by atoms with Gasteiger partial charge in [0, 0.05) is 38.2 Å². The molecule has 9 heteroatoms. The van der Waals surface area contributed by atoms with Crippen molar-refractivity contribution in [2.24, 2.45) is 0 Å². The maximum absolute atomic E-state index is 12.7. The molecule has 1 saturated heterocycles. The molecule has 30 heavy (non-hydrogen) atoms. The lowest BCUT2D eigenvalue weighted by Crippen LogP contribution is -2.35. The summed E-state index contributed by atoms with van der Waals surface area (Å²) in [5, 5.41) is 21.0. The molecule has 1 aliphatic rings. The molecular weight excluding hydrogens is 380 g/mol. The highest BCUT2D eigenvalue weighted by Gasteiger charge is 2.20. The summed E-state index contributed by atoms with van der Waals surface area (Å²) in [7, 11) is 0. The quantitative estimate of drug-likeness (QED) is 0.618. The molecule has 156 valence electrons. The smallest absolute Gasteiger partial charge is 0.222 e. The van der Waals surface area contributed by atoms with E-state index in [1.165, 1.54) is 0 Å². The van der Waals surface area contributed by atoms with Crippen molar-refractivity contribution in [1.29, 1.82) is 0 Å². The number of hydrogen-bond acceptors (Lipinski definition) is 7. The molecule has 0 unspecified atom stereocenters. The van der Waals surface area contributed by atoms with Crippen LogP contribution in [0.3, 0.4) is 0 Å². The monoisotopic (exact) mass is 406 g/mol. The molecule has 0 aliphatic carbocycles. The van der Waals surface area contributed by atoms with Crippen LogP contribution in [0.1, 0.15) is 25.0 Å². The Morgan fingerprint density at radius 3 is 2.63 bits per heavy atom. The van der Waals surface area contributed by atoms with Crippen LogP contribution in [0.2, 0.25) is 0 Å². The molecule has 3 heterocycles. The number of hydrogen-bond donors (Lipinski definition) is 0. The SMILES string of the molecule is Cc1ccc(N2CCCN(C(=O)CCCn3nnc(-c4ccccc4)n3)CC2)nn1. The van der Waals surface area contributed by atoms with Crippen LogP contribution in [0, 0.1) is 6.92 Å². The molecule has 0 N–H and O–H groups in total. The first-order chi connectivity index (χ1) is 14.7. The Morgan fingerprint density at radius 2 is 1.83 bits per heavy atom. The number of rotatable bonds is 6. The van der Waals surface area contributed by atoms with Crippen LogP contribution in [0.25, 0.3) is 11.4 Å². The highest BCUT2D eigenvalue weighted by molar-refractivity contribution is 5.76. The Kier molecular flexibility index (Phi) is 6.26. The number of aromatic nitrogens is 6. The van der Waals surface area contributed by atoms with Crippen LogP contribution in [0.5, 0.6) is 0 Å². The number of nitrogens with zero attached hydrogens (tertiary/aromatic N) is 8. The van der Waals surface area contributed by atoms with E-state index in [0.29, 0.717) is 31.8 Å². The van der Waals surface area contributed by atoms with Gasteiger partial charge in [0.2, 0.25) is 11.7 Å². The first-order valence-electron chi connectivity index (χ1n) is 10.4. The van der Waals surface area contributed by atoms with Crippen LogP contribution in [0.15, 0.2) is 42.5 Å². The highest BCUT2D eigenvalue weighted by Crippen LogP contribution is 2.14. The van der Waals surface area contributed by atoms with Gasteiger partial charge in [0.05, 0.1) is 12.2 Å². The lowest BCUT2D eigenvalue weighted by atomic mass is 10.2. The second-order valence-corrected chi connectivity index (χ2v) is 7.43. The van der Waals surface area contributed by atoms with Crippen LogP contribution in [-0.2, 0) is 11.3 Å². The maximum atomic E-state index is 12.7. The van der Waals surface area contributed by atoms with Crippen LogP contribution >= 0.6 is 0 Å². The van der Waals surface area contributed by atoms with E-state index >= 15 is 0 Å². The zero-order valence-corrected chi connectivity index (χ0v) is 17.2. The molecule has 1 aliphatic heterocycles. The first-order valence-corrected chi connectivity index (χ1v) is 10.4. The van der Waals surface area contributed by atoms with E-state index in [-0.39, 0.29) is 5.91 Å². The second kappa shape index (κ2) is 9.43. The zero-order valence-electron chi connectivity index (χ0n) is 17.2. The number of carbonyl (C=O) groups is 1. The average molecular weight is 406 g/mol. The van der Waals surface area contributed by atoms with Gasteiger partial charge in [-0.05, 0) is 37.1 Å². The Hall–Kier alpha value is -3.36. The molecule has 4 rings (SSSR count). The molecule has 1 aromatic carbocycles. The summed E-state index contributed by atoms with van der Waals surface area (Å²) in [6, 6.07) is 13.7. The normalized spacial score (nSPS) is 14.6. The standard InChI is InChI=1S/C21H26N8O/c1-17-10-11-19(23-22-17)27-12-6-13-28(16-15-27)20(30)9-5-14-29-25-21(24-26-29)18-7-3-2-4-8-18/h2-4,7-8,10-11H,5-6,9,12-16H2,1H3. The van der Waals surface area contributed by atoms with E-state index in [1.54, 1.807) is 4.80 Å². The molecule has 1 amide bonds. The van der Waals surface area contributed by atoms with Gasteiger partial charge in [-0.3, -0.25) is 4.79 Å². The minimum Gasteiger partial charge on any atom is -0.353 e. The van der Waals surface area contributed by atoms with E-state index in [4.69, 9.17) is 0 Å². The summed E-state index contributed by atoms with van der Waals surface area (Å²) in [5.41, 5.74) is 1.84. The Bertz CT molecular complexity index is 957. The number of benzene rings is 1. The third kappa shape index (κ3) is 4.97. The molecule has 0 radical (unpaired) electrons. The van der Waals surface area contributed by atoms with Gasteiger partial charge in [-0.15, -0.1) is 15.3 Å². The summed E-state index contributed by atoms with van der Waals surface area (Å²) in [4.78, 5) is 18.4. The van der Waals surface area contributed by atoms with Gasteiger partial charge in [-0.2, -0.15) is 9.90 Å². The van der Waals surface area contributed by atoms with Crippen LogP contribution < -0.4 is 4.90 Å². The summed E-state index contributed by atoms with van der Waals surface area (Å²) in [6.07, 6.45) is 2.09. The molecular formula is C21H26N8O. The summed E-state index contributed by atoms with van der Waals surface area (Å²) >= 11 is 0. The Morgan fingerprint density at radius 1 is 0.967 bits per heavy atom. The topological polar surface area (TPSA) is 92.9 Å². The Balaban J connectivity index is 1.24. The molecule has 3 aromatic rings. The number of tetrazole rings is 1. The molecule has 2 aromatic heterocycles. The highest BCUT2D eigenvalue weighted by atomic mass is 16.2. The van der Waals surface area contributed by atoms with Crippen LogP contribution in [-0.4, -0.2) is 67.4 Å².